The van der Waals surface area contributed by atoms with E-state index in [1.165, 1.54) is 0 Å². The van der Waals surface area contributed by atoms with Crippen LogP contribution in [0.1, 0.15) is 19.0 Å². The molecule has 0 aliphatic rings. The predicted octanol–water partition coefficient (Wildman–Crippen LogP) is 0.760. The van der Waals surface area contributed by atoms with E-state index < -0.39 is 10.0 Å². The van der Waals surface area contributed by atoms with Gasteiger partial charge in [-0.2, -0.15) is 0 Å². The molecule has 0 saturated heterocycles. The summed E-state index contributed by atoms with van der Waals surface area (Å²) in [4.78, 5) is 15.2. The molecular formula is C11H13N5O3S2. The number of rotatable bonds is 6. The van der Waals surface area contributed by atoms with Crippen LogP contribution in [0.2, 0.25) is 0 Å². The third-order valence-electron chi connectivity index (χ3n) is 2.37. The lowest BCUT2D eigenvalue weighted by molar-refractivity contribution is -0.115. The van der Waals surface area contributed by atoms with Gasteiger partial charge in [0.15, 0.2) is 0 Å². The maximum Gasteiger partial charge on any atom is 0.270 e. The number of amides is 1. The average Bonchev–Trinajstić information content (AvgIpc) is 2.95. The van der Waals surface area contributed by atoms with Crippen molar-refractivity contribution in [2.75, 3.05) is 5.32 Å². The number of sulfonamides is 1. The number of nitrogens with one attached hydrogen (secondary N) is 2. The molecule has 0 radical (unpaired) electrons. The smallest absolute Gasteiger partial charge is 0.270 e. The molecule has 0 atom stereocenters. The summed E-state index contributed by atoms with van der Waals surface area (Å²) in [6, 6.07) is 5.21. The zero-order chi connectivity index (χ0) is 15.3. The molecule has 8 nitrogen and oxygen atoms in total. The van der Waals surface area contributed by atoms with Crippen LogP contribution in [0, 0.1) is 0 Å². The van der Waals surface area contributed by atoms with Crippen LogP contribution in [0.4, 0.5) is 5.13 Å². The van der Waals surface area contributed by atoms with Gasteiger partial charge in [0.2, 0.25) is 15.4 Å². The molecule has 10 heteroatoms. The molecule has 0 aromatic carbocycles. The maximum absolute atomic E-state index is 12.0. The molecule has 2 N–H and O–H groups in total. The fraction of sp³-hybridized carbons (Fsp3) is 0.273. The van der Waals surface area contributed by atoms with Crippen LogP contribution in [0.15, 0.2) is 28.7 Å². The average molecular weight is 327 g/mol. The van der Waals surface area contributed by atoms with Crippen molar-refractivity contribution in [3.8, 4) is 0 Å². The lowest BCUT2D eigenvalue weighted by Crippen LogP contribution is -2.23. The van der Waals surface area contributed by atoms with Gasteiger partial charge in [0.25, 0.3) is 10.0 Å². The Hall–Kier alpha value is -1.91. The summed E-state index contributed by atoms with van der Waals surface area (Å²) in [7, 11) is -3.78. The van der Waals surface area contributed by atoms with Crippen molar-refractivity contribution < 1.29 is 13.2 Å². The van der Waals surface area contributed by atoms with Crippen molar-refractivity contribution in [3.63, 3.8) is 0 Å². The van der Waals surface area contributed by atoms with E-state index in [0.29, 0.717) is 5.69 Å². The zero-order valence-electron chi connectivity index (χ0n) is 11.1. The van der Waals surface area contributed by atoms with E-state index in [9.17, 15) is 13.2 Å². The first-order valence-electron chi connectivity index (χ1n) is 6.04. The highest BCUT2D eigenvalue weighted by Gasteiger charge is 2.20. The van der Waals surface area contributed by atoms with Crippen LogP contribution in [0.5, 0.6) is 0 Å². The monoisotopic (exact) mass is 327 g/mol. The van der Waals surface area contributed by atoms with Crippen LogP contribution in [0.3, 0.4) is 0 Å². The minimum absolute atomic E-state index is 0.0550. The molecular weight excluding hydrogens is 314 g/mol. The number of nitrogens with zero attached hydrogens (tertiary/aromatic N) is 3. The minimum Gasteiger partial charge on any atom is -0.301 e. The molecule has 112 valence electrons. The van der Waals surface area contributed by atoms with Crippen LogP contribution >= 0.6 is 11.3 Å². The molecule has 0 unspecified atom stereocenters. The van der Waals surface area contributed by atoms with Gasteiger partial charge in [-0.25, -0.2) is 13.1 Å². The molecule has 0 aliphatic carbocycles. The van der Waals surface area contributed by atoms with Crippen molar-refractivity contribution in [1.82, 2.24) is 19.9 Å². The summed E-state index contributed by atoms with van der Waals surface area (Å²) in [6.45, 7) is 1.74. The molecule has 0 aliphatic heterocycles. The number of carbonyl (C=O) groups excluding carboxylic acids is 1. The van der Waals surface area contributed by atoms with Crippen LogP contribution < -0.4 is 10.0 Å². The maximum atomic E-state index is 12.0. The lowest BCUT2D eigenvalue weighted by atomic mass is 10.4. The van der Waals surface area contributed by atoms with Crippen molar-refractivity contribution in [2.24, 2.45) is 0 Å². The molecule has 1 amide bonds. The van der Waals surface area contributed by atoms with Gasteiger partial charge in [0.1, 0.15) is 0 Å². The summed E-state index contributed by atoms with van der Waals surface area (Å²) in [5, 5.41) is 9.81. The van der Waals surface area contributed by atoms with Gasteiger partial charge >= 0.3 is 0 Å². The topological polar surface area (TPSA) is 114 Å². The molecule has 0 spiro atoms. The van der Waals surface area contributed by atoms with Gasteiger partial charge in [-0.3, -0.25) is 9.78 Å². The Morgan fingerprint density at radius 2 is 2.14 bits per heavy atom. The number of carbonyl (C=O) groups is 1. The first kappa shape index (κ1) is 15.5. The molecule has 21 heavy (non-hydrogen) atoms. The van der Waals surface area contributed by atoms with Crippen LogP contribution in [-0.2, 0) is 21.4 Å². The molecule has 2 rings (SSSR count). The van der Waals surface area contributed by atoms with E-state index in [2.05, 4.69) is 25.2 Å². The van der Waals surface area contributed by atoms with Crippen LogP contribution in [0.25, 0.3) is 0 Å². The van der Waals surface area contributed by atoms with Gasteiger partial charge in [0, 0.05) is 12.6 Å². The van der Waals surface area contributed by atoms with Crippen molar-refractivity contribution in [1.29, 1.82) is 0 Å². The Balaban J connectivity index is 2.04. The highest BCUT2D eigenvalue weighted by Crippen LogP contribution is 2.19. The van der Waals surface area contributed by atoms with Crippen LogP contribution in [-0.4, -0.2) is 29.5 Å². The summed E-state index contributed by atoms with van der Waals surface area (Å²) >= 11 is 0.794. The van der Waals surface area contributed by atoms with Crippen molar-refractivity contribution in [2.45, 2.75) is 24.2 Å². The second-order valence-corrected chi connectivity index (χ2v) is 6.84. The van der Waals surface area contributed by atoms with Crippen molar-refractivity contribution >= 4 is 32.4 Å². The standard InChI is InChI=1S/C11H13N5O3S2/c1-2-9(17)14-10-15-16-11(20-10)21(18,19)13-7-8-5-3-4-6-12-8/h3-6,13H,2,7H2,1H3,(H,14,15,17). The van der Waals surface area contributed by atoms with Gasteiger partial charge in [-0.05, 0) is 12.1 Å². The molecule has 2 heterocycles. The molecule has 2 aromatic heterocycles. The SMILES string of the molecule is CCC(=O)Nc1nnc(S(=O)(=O)NCc2ccccn2)s1. The normalized spacial score (nSPS) is 11.3. The Bertz CT molecular complexity index is 714. The van der Waals surface area contributed by atoms with Crippen molar-refractivity contribution in [3.05, 3.63) is 30.1 Å². The summed E-state index contributed by atoms with van der Waals surface area (Å²) < 4.78 is 26.2. The number of pyridine rings is 1. The van der Waals surface area contributed by atoms with Gasteiger partial charge in [0.05, 0.1) is 12.2 Å². The fourth-order valence-corrected chi connectivity index (χ4v) is 3.27. The zero-order valence-corrected chi connectivity index (χ0v) is 12.7. The van der Waals surface area contributed by atoms with Gasteiger partial charge in [-0.15, -0.1) is 10.2 Å². The summed E-state index contributed by atoms with van der Waals surface area (Å²) in [6.07, 6.45) is 1.85. The third-order valence-corrected chi connectivity index (χ3v) is 4.98. The Morgan fingerprint density at radius 3 is 2.81 bits per heavy atom. The second-order valence-electron chi connectivity index (χ2n) is 3.92. The Kier molecular flexibility index (Phi) is 4.94. The number of anilines is 1. The first-order chi connectivity index (χ1) is 10.0. The highest BCUT2D eigenvalue weighted by molar-refractivity contribution is 7.91. The Labute approximate surface area is 125 Å². The third kappa shape index (κ3) is 4.28. The quantitative estimate of drug-likeness (QED) is 0.757. The fourth-order valence-electron chi connectivity index (χ4n) is 1.31. The highest BCUT2D eigenvalue weighted by atomic mass is 32.2. The van der Waals surface area contributed by atoms with E-state index in [1.807, 2.05) is 0 Å². The number of hydrogen-bond acceptors (Lipinski definition) is 7. The van der Waals surface area contributed by atoms with E-state index >= 15 is 0 Å². The largest absolute Gasteiger partial charge is 0.301 e. The molecule has 0 bridgehead atoms. The Morgan fingerprint density at radius 1 is 1.33 bits per heavy atom. The van der Waals surface area contributed by atoms with E-state index in [4.69, 9.17) is 0 Å². The lowest BCUT2D eigenvalue weighted by Gasteiger charge is -2.02. The number of aromatic nitrogens is 3. The first-order valence-corrected chi connectivity index (χ1v) is 8.34. The van der Waals surface area contributed by atoms with E-state index in [1.54, 1.807) is 31.3 Å². The van der Waals surface area contributed by atoms with Gasteiger partial charge in [-0.1, -0.05) is 24.3 Å². The second kappa shape index (κ2) is 6.70. The molecule has 0 saturated carbocycles. The summed E-state index contributed by atoms with van der Waals surface area (Å²) in [5.41, 5.74) is 0.588. The predicted molar refractivity (Wildman–Crippen MR) is 77.1 cm³/mol. The summed E-state index contributed by atoms with van der Waals surface area (Å²) in [5.74, 6) is -0.253. The van der Waals surface area contributed by atoms with E-state index in [0.717, 1.165) is 11.3 Å². The molecule has 2 aromatic rings. The number of hydrogen-bond donors (Lipinski definition) is 2. The van der Waals surface area contributed by atoms with E-state index in [-0.39, 0.29) is 28.3 Å². The van der Waals surface area contributed by atoms with Gasteiger partial charge < -0.3 is 5.32 Å². The minimum atomic E-state index is -3.78. The molecule has 0 fully saturated rings.